The van der Waals surface area contributed by atoms with E-state index in [0.717, 1.165) is 16.7 Å². The summed E-state index contributed by atoms with van der Waals surface area (Å²) in [7, 11) is -2.56. The van der Waals surface area contributed by atoms with Crippen molar-refractivity contribution in [2.24, 2.45) is 0 Å². The smallest absolute Gasteiger partial charge is 0.338 e. The molecular formula is C23H21NO4S. The number of anilines is 2. The number of fused-ring (bicyclic) bond motifs is 3. The second-order valence-corrected chi connectivity index (χ2v) is 8.99. The van der Waals surface area contributed by atoms with Crippen LogP contribution in [-0.4, -0.2) is 21.5 Å². The van der Waals surface area contributed by atoms with E-state index in [0.29, 0.717) is 28.1 Å². The van der Waals surface area contributed by atoms with Gasteiger partial charge in [-0.05, 0) is 62.2 Å². The lowest BCUT2D eigenvalue weighted by atomic mass is 9.99. The Morgan fingerprint density at radius 1 is 0.862 bits per heavy atom. The van der Waals surface area contributed by atoms with E-state index in [1.165, 1.54) is 11.4 Å². The van der Waals surface area contributed by atoms with Crippen LogP contribution in [0.3, 0.4) is 0 Å². The van der Waals surface area contributed by atoms with E-state index in [4.69, 9.17) is 4.74 Å². The lowest BCUT2D eigenvalue weighted by Gasteiger charge is -2.33. The summed E-state index contributed by atoms with van der Waals surface area (Å²) in [6, 6.07) is 16.3. The van der Waals surface area contributed by atoms with Crippen LogP contribution in [0.15, 0.2) is 59.5 Å². The average molecular weight is 407 g/mol. The minimum Gasteiger partial charge on any atom is -0.465 e. The van der Waals surface area contributed by atoms with Crippen molar-refractivity contribution in [3.05, 3.63) is 76.9 Å². The highest BCUT2D eigenvalue weighted by atomic mass is 32.2. The number of nitrogens with zero attached hydrogens (tertiary/aromatic N) is 1. The molecule has 1 aliphatic heterocycles. The number of aryl methyl sites for hydroxylation is 2. The van der Waals surface area contributed by atoms with Gasteiger partial charge >= 0.3 is 5.97 Å². The Kier molecular flexibility index (Phi) is 4.46. The highest BCUT2D eigenvalue weighted by molar-refractivity contribution is 7.93. The van der Waals surface area contributed by atoms with E-state index >= 15 is 0 Å². The molecule has 3 aromatic rings. The molecule has 0 fully saturated rings. The van der Waals surface area contributed by atoms with Gasteiger partial charge in [0.25, 0.3) is 10.0 Å². The van der Waals surface area contributed by atoms with Gasteiger partial charge in [-0.15, -0.1) is 0 Å². The number of para-hydroxylation sites is 1. The maximum atomic E-state index is 13.7. The number of rotatable bonds is 2. The van der Waals surface area contributed by atoms with E-state index in [9.17, 15) is 13.2 Å². The first-order valence-electron chi connectivity index (χ1n) is 9.20. The van der Waals surface area contributed by atoms with Crippen molar-refractivity contribution >= 4 is 27.4 Å². The zero-order chi connectivity index (χ0) is 20.9. The molecule has 0 N–H and O–H groups in total. The van der Waals surface area contributed by atoms with Crippen LogP contribution < -0.4 is 4.31 Å². The van der Waals surface area contributed by atoms with Gasteiger partial charge in [-0.25, -0.2) is 17.5 Å². The van der Waals surface area contributed by atoms with E-state index in [2.05, 4.69) is 0 Å². The summed E-state index contributed by atoms with van der Waals surface area (Å²) >= 11 is 0. The van der Waals surface area contributed by atoms with Gasteiger partial charge in [0.15, 0.2) is 0 Å². The van der Waals surface area contributed by atoms with Gasteiger partial charge in [0, 0.05) is 11.1 Å². The number of carbonyl (C=O) groups is 1. The summed E-state index contributed by atoms with van der Waals surface area (Å²) < 4.78 is 33.6. The normalized spacial score (nSPS) is 14.1. The van der Waals surface area contributed by atoms with Crippen molar-refractivity contribution in [2.45, 2.75) is 25.7 Å². The first kappa shape index (κ1) is 19.2. The second kappa shape index (κ2) is 6.74. The van der Waals surface area contributed by atoms with Gasteiger partial charge in [-0.3, -0.25) is 0 Å². The third-order valence-corrected chi connectivity index (χ3v) is 7.00. The standard InChI is InChI=1S/C23H21NO4S/c1-14-9-10-22-19(11-14)17-7-5-6-8-20(17)24(29(22,26)27)21-13-15(2)12-18(16(21)3)23(25)28-4/h5-13H,1-4H3. The Balaban J connectivity index is 2.07. The molecule has 5 nitrogen and oxygen atoms in total. The number of carbonyl (C=O) groups excluding carboxylic acids is 1. The zero-order valence-electron chi connectivity index (χ0n) is 16.7. The maximum absolute atomic E-state index is 13.7. The SMILES string of the molecule is COC(=O)c1cc(C)cc(N2c3ccccc3-c3cc(C)ccc3S2(=O)=O)c1C. The van der Waals surface area contributed by atoms with Gasteiger partial charge < -0.3 is 4.74 Å². The van der Waals surface area contributed by atoms with Gasteiger partial charge in [0.1, 0.15) is 0 Å². The van der Waals surface area contributed by atoms with Crippen molar-refractivity contribution in [1.29, 1.82) is 0 Å². The molecular weight excluding hydrogens is 386 g/mol. The first-order chi connectivity index (χ1) is 13.8. The minimum atomic E-state index is -3.87. The molecule has 3 aromatic carbocycles. The summed E-state index contributed by atoms with van der Waals surface area (Å²) in [5.41, 5.74) is 5.20. The molecule has 0 spiro atoms. The zero-order valence-corrected chi connectivity index (χ0v) is 17.5. The summed E-state index contributed by atoms with van der Waals surface area (Å²) in [5, 5.41) is 0. The molecule has 0 aliphatic carbocycles. The van der Waals surface area contributed by atoms with Crippen LogP contribution in [0.5, 0.6) is 0 Å². The molecule has 6 heteroatoms. The lowest BCUT2D eigenvalue weighted by Crippen LogP contribution is -2.31. The first-order valence-corrected chi connectivity index (χ1v) is 10.6. The van der Waals surface area contributed by atoms with Crippen molar-refractivity contribution < 1.29 is 17.9 Å². The molecule has 4 rings (SSSR count). The number of hydrogen-bond donors (Lipinski definition) is 0. The second-order valence-electron chi connectivity index (χ2n) is 7.23. The highest BCUT2D eigenvalue weighted by Crippen LogP contribution is 2.47. The molecule has 0 radical (unpaired) electrons. The fourth-order valence-corrected chi connectivity index (χ4v) is 5.57. The molecule has 0 saturated heterocycles. The van der Waals surface area contributed by atoms with Crippen LogP contribution in [0.2, 0.25) is 0 Å². The number of sulfonamides is 1. The Hall–Kier alpha value is -3.12. The minimum absolute atomic E-state index is 0.252. The monoisotopic (exact) mass is 407 g/mol. The van der Waals surface area contributed by atoms with Crippen molar-refractivity contribution in [2.75, 3.05) is 11.4 Å². The van der Waals surface area contributed by atoms with Crippen molar-refractivity contribution in [3.63, 3.8) is 0 Å². The molecule has 0 unspecified atom stereocenters. The summed E-state index contributed by atoms with van der Waals surface area (Å²) in [6.07, 6.45) is 0. The average Bonchev–Trinajstić information content (AvgIpc) is 2.69. The fourth-order valence-electron chi connectivity index (χ4n) is 3.82. The largest absolute Gasteiger partial charge is 0.465 e. The number of ether oxygens (including phenoxy) is 1. The molecule has 0 atom stereocenters. The van der Waals surface area contributed by atoms with E-state index in [-0.39, 0.29) is 4.90 Å². The fraction of sp³-hybridized carbons (Fsp3) is 0.174. The predicted molar refractivity (Wildman–Crippen MR) is 113 cm³/mol. The van der Waals surface area contributed by atoms with Crippen molar-refractivity contribution in [3.8, 4) is 11.1 Å². The number of benzene rings is 3. The van der Waals surface area contributed by atoms with Crippen LogP contribution >= 0.6 is 0 Å². The third kappa shape index (κ3) is 2.91. The van der Waals surface area contributed by atoms with Gasteiger partial charge in [-0.1, -0.05) is 29.8 Å². The van der Waals surface area contributed by atoms with Crippen LogP contribution in [0, 0.1) is 20.8 Å². The molecule has 1 aliphatic rings. The molecule has 0 amide bonds. The van der Waals surface area contributed by atoms with E-state index in [1.807, 2.05) is 38.1 Å². The number of methoxy groups -OCH3 is 1. The molecule has 0 saturated carbocycles. The Labute approximate surface area is 170 Å². The molecule has 29 heavy (non-hydrogen) atoms. The van der Waals surface area contributed by atoms with Gasteiger partial charge in [0.2, 0.25) is 0 Å². The van der Waals surface area contributed by atoms with Crippen molar-refractivity contribution in [1.82, 2.24) is 0 Å². The van der Waals surface area contributed by atoms with Gasteiger partial charge in [0.05, 0.1) is 28.9 Å². The topological polar surface area (TPSA) is 63.7 Å². The number of hydrogen-bond acceptors (Lipinski definition) is 4. The summed E-state index contributed by atoms with van der Waals surface area (Å²) in [5.74, 6) is -0.494. The number of esters is 1. The van der Waals surface area contributed by atoms with E-state index < -0.39 is 16.0 Å². The molecule has 0 aromatic heterocycles. The Bertz CT molecular complexity index is 1260. The molecule has 1 heterocycles. The highest BCUT2D eigenvalue weighted by Gasteiger charge is 2.37. The van der Waals surface area contributed by atoms with Crippen LogP contribution in [-0.2, 0) is 14.8 Å². The summed E-state index contributed by atoms with van der Waals surface area (Å²) in [6.45, 7) is 5.51. The van der Waals surface area contributed by atoms with Crippen LogP contribution in [0.25, 0.3) is 11.1 Å². The van der Waals surface area contributed by atoms with Gasteiger partial charge in [-0.2, -0.15) is 0 Å². The Morgan fingerprint density at radius 3 is 2.31 bits per heavy atom. The third-order valence-electron chi connectivity index (χ3n) is 5.22. The Morgan fingerprint density at radius 2 is 1.59 bits per heavy atom. The quantitative estimate of drug-likeness (QED) is 0.567. The summed E-state index contributed by atoms with van der Waals surface area (Å²) in [4.78, 5) is 12.5. The maximum Gasteiger partial charge on any atom is 0.338 e. The van der Waals surface area contributed by atoms with Crippen LogP contribution in [0.1, 0.15) is 27.0 Å². The lowest BCUT2D eigenvalue weighted by molar-refractivity contribution is 0.0600. The van der Waals surface area contributed by atoms with E-state index in [1.54, 1.807) is 37.3 Å². The van der Waals surface area contributed by atoms with Crippen LogP contribution in [0.4, 0.5) is 11.4 Å². The predicted octanol–water partition coefficient (Wildman–Crippen LogP) is 4.91. The molecule has 148 valence electrons. The molecule has 0 bridgehead atoms.